The van der Waals surface area contributed by atoms with Gasteiger partial charge < -0.3 is 18.9 Å². The number of carbonyl (C=O) groups excluding carboxylic acids is 2. The van der Waals surface area contributed by atoms with Crippen LogP contribution in [0, 0.1) is 0 Å². The summed E-state index contributed by atoms with van der Waals surface area (Å²) in [5, 5.41) is 0. The molecule has 1 aromatic heterocycles. The maximum atomic E-state index is 13.9. The molecule has 11 heteroatoms. The van der Waals surface area contributed by atoms with Gasteiger partial charge in [-0.2, -0.15) is 0 Å². The van der Waals surface area contributed by atoms with E-state index in [1.54, 1.807) is 32.1 Å². The van der Waals surface area contributed by atoms with Crippen LogP contribution in [0.15, 0.2) is 61.9 Å². The molecule has 1 aliphatic rings. The van der Waals surface area contributed by atoms with E-state index >= 15 is 0 Å². The molecule has 1 aliphatic heterocycles. The van der Waals surface area contributed by atoms with E-state index in [4.69, 9.17) is 18.9 Å². The Bertz CT molecular complexity index is 1690. The van der Waals surface area contributed by atoms with Crippen molar-refractivity contribution >= 4 is 45.3 Å². The Kier molecular flexibility index (Phi) is 9.49. The van der Waals surface area contributed by atoms with Crippen molar-refractivity contribution in [2.45, 2.75) is 53.7 Å². The van der Waals surface area contributed by atoms with Crippen LogP contribution in [0.2, 0.25) is 0 Å². The lowest BCUT2D eigenvalue weighted by molar-refractivity contribution is -0.139. The van der Waals surface area contributed by atoms with Crippen molar-refractivity contribution in [1.82, 2.24) is 4.57 Å². The van der Waals surface area contributed by atoms with Crippen LogP contribution in [0.5, 0.6) is 17.2 Å². The maximum Gasteiger partial charge on any atom is 0.338 e. The van der Waals surface area contributed by atoms with Crippen LogP contribution in [-0.2, 0) is 14.3 Å². The number of ether oxygens (including phenoxy) is 4. The summed E-state index contributed by atoms with van der Waals surface area (Å²) in [5.41, 5.74) is 1.84. The summed E-state index contributed by atoms with van der Waals surface area (Å²) >= 11 is 4.66. The summed E-state index contributed by atoms with van der Waals surface area (Å²) in [6, 6.07) is 10.0. The first kappa shape index (κ1) is 30.3. The van der Waals surface area contributed by atoms with Crippen molar-refractivity contribution in [1.29, 1.82) is 0 Å². The number of hydrogen-bond acceptors (Lipinski definition) is 9. The summed E-state index contributed by atoms with van der Waals surface area (Å²) in [5.74, 6) is 0.296. The molecule has 0 bridgehead atoms. The average Bonchev–Trinajstić information content (AvgIpc) is 3.19. The minimum Gasteiger partial charge on any atom is -0.491 e. The maximum absolute atomic E-state index is 13.9. The third kappa shape index (κ3) is 6.62. The highest BCUT2D eigenvalue weighted by molar-refractivity contribution is 9.10. The molecule has 1 unspecified atom stereocenters. The number of halogens is 1. The molecular formula is C30H31BrN2O7S. The van der Waals surface area contributed by atoms with Crippen LogP contribution in [0.4, 0.5) is 0 Å². The number of benzene rings is 2. The quantitative estimate of drug-likeness (QED) is 0.247. The molecule has 0 saturated carbocycles. The second kappa shape index (κ2) is 12.9. The zero-order chi connectivity index (χ0) is 29.8. The molecule has 4 rings (SSSR count). The highest BCUT2D eigenvalue weighted by Gasteiger charge is 2.33. The highest BCUT2D eigenvalue weighted by atomic mass is 79.9. The molecule has 0 saturated heterocycles. The van der Waals surface area contributed by atoms with E-state index in [0.29, 0.717) is 48.7 Å². The number of hydrogen-bond donors (Lipinski definition) is 0. The molecule has 2 heterocycles. The van der Waals surface area contributed by atoms with E-state index in [1.807, 2.05) is 45.0 Å². The number of thiazole rings is 1. The number of nitrogens with zero attached hydrogens (tertiary/aromatic N) is 2. The van der Waals surface area contributed by atoms with Crippen LogP contribution >= 0.6 is 27.3 Å². The van der Waals surface area contributed by atoms with E-state index in [1.165, 1.54) is 22.8 Å². The zero-order valence-electron chi connectivity index (χ0n) is 23.6. The van der Waals surface area contributed by atoms with E-state index in [-0.39, 0.29) is 24.0 Å². The Hall–Kier alpha value is -3.70. The first-order chi connectivity index (χ1) is 19.5. The summed E-state index contributed by atoms with van der Waals surface area (Å²) in [7, 11) is 0. The molecule has 2 aromatic carbocycles. The van der Waals surface area contributed by atoms with E-state index in [2.05, 4.69) is 20.9 Å². The van der Waals surface area contributed by atoms with Crippen molar-refractivity contribution in [3.63, 3.8) is 0 Å². The molecule has 9 nitrogen and oxygen atoms in total. The molecule has 0 radical (unpaired) electrons. The number of fused-ring (bicyclic) bond motifs is 1. The fraction of sp³-hybridized carbons (Fsp3) is 0.333. The van der Waals surface area contributed by atoms with Gasteiger partial charge in [0.1, 0.15) is 5.75 Å². The van der Waals surface area contributed by atoms with Gasteiger partial charge in [-0.3, -0.25) is 14.2 Å². The number of rotatable bonds is 9. The van der Waals surface area contributed by atoms with Gasteiger partial charge in [-0.25, -0.2) is 9.79 Å². The Morgan fingerprint density at radius 3 is 2.46 bits per heavy atom. The second-order valence-corrected chi connectivity index (χ2v) is 11.3. The first-order valence-electron chi connectivity index (χ1n) is 13.1. The highest BCUT2D eigenvalue weighted by Crippen LogP contribution is 2.37. The molecule has 0 fully saturated rings. The summed E-state index contributed by atoms with van der Waals surface area (Å²) in [4.78, 5) is 43.7. The number of allylic oxidation sites excluding steroid dienone is 1. The molecule has 0 spiro atoms. The van der Waals surface area contributed by atoms with Gasteiger partial charge in [0.05, 0.1) is 45.6 Å². The van der Waals surface area contributed by atoms with Gasteiger partial charge in [0.15, 0.2) is 16.3 Å². The Labute approximate surface area is 249 Å². The monoisotopic (exact) mass is 642 g/mol. The molecule has 1 atom stereocenters. The normalized spacial score (nSPS) is 14.9. The van der Waals surface area contributed by atoms with Crippen molar-refractivity contribution in [2.24, 2.45) is 4.99 Å². The average molecular weight is 644 g/mol. The van der Waals surface area contributed by atoms with Gasteiger partial charge >= 0.3 is 11.9 Å². The number of aromatic nitrogens is 1. The van der Waals surface area contributed by atoms with E-state index in [0.717, 1.165) is 5.56 Å². The number of carbonyl (C=O) groups is 2. The zero-order valence-corrected chi connectivity index (χ0v) is 26.1. The molecule has 41 heavy (non-hydrogen) atoms. The molecule has 0 amide bonds. The summed E-state index contributed by atoms with van der Waals surface area (Å²) in [6.45, 7) is 11.0. The van der Waals surface area contributed by atoms with E-state index in [9.17, 15) is 14.4 Å². The number of esters is 2. The lowest BCUT2D eigenvalue weighted by Crippen LogP contribution is -2.39. The van der Waals surface area contributed by atoms with Gasteiger partial charge in [0.2, 0.25) is 0 Å². The van der Waals surface area contributed by atoms with Gasteiger partial charge in [-0.1, -0.05) is 23.5 Å². The lowest BCUT2D eigenvalue weighted by atomic mass is 9.96. The van der Waals surface area contributed by atoms with Crippen LogP contribution in [0.1, 0.15) is 58.7 Å². The smallest absolute Gasteiger partial charge is 0.338 e. The van der Waals surface area contributed by atoms with Crippen LogP contribution in [-0.4, -0.2) is 35.8 Å². The lowest BCUT2D eigenvalue weighted by Gasteiger charge is -2.25. The standard InChI is InChI=1S/C30H31BrN2O7S/c1-7-37-23-14-19(13-22(31)27(23)40-18(6)34)15-24-28(35)33-26(20-9-11-21(12-10-20)39-16(3)4)25(29(36)38-8-2)17(5)32-30(33)41-24/h9-16,26H,7-8H2,1-6H3/b24-15+. The molecule has 216 valence electrons. The van der Waals surface area contributed by atoms with Crippen molar-refractivity contribution in [2.75, 3.05) is 13.2 Å². The SMILES string of the molecule is CCOC(=O)C1=C(C)N=c2s/c(=C/c3cc(Br)c(OC(C)=O)c(OCC)c3)c(=O)n2C1c1ccc(OC(C)C)cc1. The van der Waals surface area contributed by atoms with Gasteiger partial charge in [0, 0.05) is 6.92 Å². The fourth-order valence-corrected chi connectivity index (χ4v) is 6.02. The van der Waals surface area contributed by atoms with Crippen molar-refractivity contribution in [3.8, 4) is 17.2 Å². The van der Waals surface area contributed by atoms with E-state index < -0.39 is 18.0 Å². The minimum absolute atomic E-state index is 0.00197. The largest absolute Gasteiger partial charge is 0.491 e. The third-order valence-corrected chi connectivity index (χ3v) is 7.53. The van der Waals surface area contributed by atoms with Crippen LogP contribution < -0.4 is 29.1 Å². The first-order valence-corrected chi connectivity index (χ1v) is 14.8. The Morgan fingerprint density at radius 1 is 1.15 bits per heavy atom. The van der Waals surface area contributed by atoms with Gasteiger partial charge in [-0.05, 0) is 92.0 Å². The van der Waals surface area contributed by atoms with Gasteiger partial charge in [-0.15, -0.1) is 0 Å². The third-order valence-electron chi connectivity index (χ3n) is 5.96. The molecular weight excluding hydrogens is 612 g/mol. The Balaban J connectivity index is 1.88. The molecule has 0 aliphatic carbocycles. The summed E-state index contributed by atoms with van der Waals surface area (Å²) in [6.07, 6.45) is 1.72. The van der Waals surface area contributed by atoms with Crippen molar-refractivity contribution in [3.05, 3.63) is 83.0 Å². The van der Waals surface area contributed by atoms with Gasteiger partial charge in [0.25, 0.3) is 5.56 Å². The predicted molar refractivity (Wildman–Crippen MR) is 159 cm³/mol. The Morgan fingerprint density at radius 2 is 1.85 bits per heavy atom. The van der Waals surface area contributed by atoms with Crippen LogP contribution in [0.25, 0.3) is 6.08 Å². The summed E-state index contributed by atoms with van der Waals surface area (Å²) < 4.78 is 24.6. The topological polar surface area (TPSA) is 105 Å². The second-order valence-electron chi connectivity index (χ2n) is 9.39. The molecule has 0 N–H and O–H groups in total. The van der Waals surface area contributed by atoms with Crippen LogP contribution in [0.3, 0.4) is 0 Å². The predicted octanol–water partition coefficient (Wildman–Crippen LogP) is 4.67. The minimum atomic E-state index is -0.738. The van der Waals surface area contributed by atoms with Crippen molar-refractivity contribution < 1.29 is 28.5 Å². The fourth-order valence-electron chi connectivity index (χ4n) is 4.44. The molecule has 3 aromatic rings.